The fourth-order valence-electron chi connectivity index (χ4n) is 3.98. The summed E-state index contributed by atoms with van der Waals surface area (Å²) in [5.41, 5.74) is 3.63. The smallest absolute Gasteiger partial charge is 0.253 e. The van der Waals surface area contributed by atoms with Crippen molar-refractivity contribution in [2.45, 2.75) is 39.2 Å². The standard InChI is InChI=1S/C25H30N4O3/c1-17(2)19-8-10-20(11-9-19)24-27-23(32-28-24)14-26-22-7-3-6-21(13-22)25(31)29-12-4-5-18(15-29)16-30/h3,6-11,13,17-18,26,30H,4-5,12,14-16H2,1-2H3. The van der Waals surface area contributed by atoms with E-state index in [1.165, 1.54) is 5.56 Å². The van der Waals surface area contributed by atoms with Gasteiger partial charge in [-0.1, -0.05) is 49.3 Å². The Bertz CT molecular complexity index is 1050. The number of amides is 1. The Morgan fingerprint density at radius 2 is 2.06 bits per heavy atom. The molecular formula is C25H30N4O3. The third kappa shape index (κ3) is 5.16. The monoisotopic (exact) mass is 434 g/mol. The van der Waals surface area contributed by atoms with Crippen LogP contribution in [0.5, 0.6) is 0 Å². The van der Waals surface area contributed by atoms with Gasteiger partial charge < -0.3 is 19.8 Å². The number of nitrogens with zero attached hydrogens (tertiary/aromatic N) is 3. The molecule has 3 aromatic rings. The Hall–Kier alpha value is -3.19. The molecule has 1 fully saturated rings. The van der Waals surface area contributed by atoms with Crippen LogP contribution in [0.15, 0.2) is 53.1 Å². The SMILES string of the molecule is CC(C)c1ccc(-c2noc(CNc3cccc(C(=O)N4CCCC(CO)C4)c3)n2)cc1. The Labute approximate surface area is 188 Å². The van der Waals surface area contributed by atoms with E-state index < -0.39 is 0 Å². The maximum Gasteiger partial charge on any atom is 0.253 e. The molecule has 0 radical (unpaired) electrons. The summed E-state index contributed by atoms with van der Waals surface area (Å²) in [5.74, 6) is 1.68. The fourth-order valence-corrected chi connectivity index (χ4v) is 3.98. The molecule has 4 rings (SSSR count). The first-order valence-electron chi connectivity index (χ1n) is 11.2. The molecule has 0 saturated carbocycles. The molecule has 0 spiro atoms. The largest absolute Gasteiger partial charge is 0.396 e. The number of carbonyl (C=O) groups is 1. The Kier molecular flexibility index (Phi) is 6.85. The van der Waals surface area contributed by atoms with Crippen LogP contribution in [0.2, 0.25) is 0 Å². The highest BCUT2D eigenvalue weighted by Crippen LogP contribution is 2.22. The first kappa shape index (κ1) is 22.0. The topological polar surface area (TPSA) is 91.5 Å². The summed E-state index contributed by atoms with van der Waals surface area (Å²) in [6.45, 7) is 6.15. The van der Waals surface area contributed by atoms with Gasteiger partial charge in [0.2, 0.25) is 11.7 Å². The second kappa shape index (κ2) is 9.96. The molecule has 2 aromatic carbocycles. The quantitative estimate of drug-likeness (QED) is 0.576. The van der Waals surface area contributed by atoms with Crippen LogP contribution in [-0.2, 0) is 6.54 Å². The minimum atomic E-state index is -0.00304. The lowest BCUT2D eigenvalue weighted by molar-refractivity contribution is 0.0621. The number of benzene rings is 2. The van der Waals surface area contributed by atoms with Gasteiger partial charge in [-0.2, -0.15) is 4.98 Å². The molecule has 7 nitrogen and oxygen atoms in total. The van der Waals surface area contributed by atoms with Crippen LogP contribution < -0.4 is 5.32 Å². The minimum Gasteiger partial charge on any atom is -0.396 e. The van der Waals surface area contributed by atoms with Crippen molar-refractivity contribution >= 4 is 11.6 Å². The summed E-state index contributed by atoms with van der Waals surface area (Å²) in [4.78, 5) is 19.2. The second-order valence-electron chi connectivity index (χ2n) is 8.66. The van der Waals surface area contributed by atoms with Gasteiger partial charge in [-0.3, -0.25) is 4.79 Å². The summed E-state index contributed by atoms with van der Waals surface area (Å²) < 4.78 is 5.39. The molecule has 0 aliphatic carbocycles. The van der Waals surface area contributed by atoms with Gasteiger partial charge in [-0.05, 0) is 48.4 Å². The molecule has 0 bridgehead atoms. The molecular weight excluding hydrogens is 404 g/mol. The number of hydrogen-bond acceptors (Lipinski definition) is 6. The summed E-state index contributed by atoms with van der Waals surface area (Å²) in [6.07, 6.45) is 1.89. The number of piperidine rings is 1. The van der Waals surface area contributed by atoms with Crippen LogP contribution in [0.25, 0.3) is 11.4 Å². The van der Waals surface area contributed by atoms with Gasteiger partial charge in [0.05, 0.1) is 6.54 Å². The number of rotatable bonds is 7. The van der Waals surface area contributed by atoms with E-state index in [-0.39, 0.29) is 18.4 Å². The predicted molar refractivity (Wildman–Crippen MR) is 123 cm³/mol. The molecule has 1 aromatic heterocycles. The number of likely N-dealkylation sites (tertiary alicyclic amines) is 1. The van der Waals surface area contributed by atoms with E-state index in [2.05, 4.69) is 41.4 Å². The Morgan fingerprint density at radius 3 is 2.81 bits per heavy atom. The highest BCUT2D eigenvalue weighted by Gasteiger charge is 2.24. The minimum absolute atomic E-state index is 0.00304. The first-order valence-corrected chi connectivity index (χ1v) is 11.2. The zero-order chi connectivity index (χ0) is 22.5. The van der Waals surface area contributed by atoms with Crippen LogP contribution in [-0.4, -0.2) is 45.8 Å². The highest BCUT2D eigenvalue weighted by molar-refractivity contribution is 5.95. The lowest BCUT2D eigenvalue weighted by Gasteiger charge is -2.32. The van der Waals surface area contributed by atoms with Crippen molar-refractivity contribution in [1.82, 2.24) is 15.0 Å². The van der Waals surface area contributed by atoms with Gasteiger partial charge in [0.25, 0.3) is 5.91 Å². The van der Waals surface area contributed by atoms with Crippen molar-refractivity contribution in [3.63, 3.8) is 0 Å². The Balaban J connectivity index is 1.38. The van der Waals surface area contributed by atoms with E-state index >= 15 is 0 Å². The molecule has 1 aliphatic rings. The summed E-state index contributed by atoms with van der Waals surface area (Å²) in [6, 6.07) is 15.6. The number of aliphatic hydroxyl groups is 1. The van der Waals surface area contributed by atoms with Gasteiger partial charge >= 0.3 is 0 Å². The van der Waals surface area contributed by atoms with E-state index in [9.17, 15) is 9.90 Å². The molecule has 1 amide bonds. The van der Waals surface area contributed by atoms with Crippen molar-refractivity contribution in [2.24, 2.45) is 5.92 Å². The lowest BCUT2D eigenvalue weighted by Crippen LogP contribution is -2.40. The van der Waals surface area contributed by atoms with Crippen LogP contribution in [0.1, 0.15) is 54.4 Å². The zero-order valence-electron chi connectivity index (χ0n) is 18.6. The van der Waals surface area contributed by atoms with Crippen molar-refractivity contribution in [3.8, 4) is 11.4 Å². The molecule has 2 N–H and O–H groups in total. The summed E-state index contributed by atoms with van der Waals surface area (Å²) in [7, 11) is 0. The third-order valence-electron chi connectivity index (χ3n) is 5.92. The molecule has 1 atom stereocenters. The maximum atomic E-state index is 12.9. The number of anilines is 1. The van der Waals surface area contributed by atoms with Gasteiger partial charge in [-0.25, -0.2) is 0 Å². The van der Waals surface area contributed by atoms with Crippen LogP contribution in [0.4, 0.5) is 5.69 Å². The van der Waals surface area contributed by atoms with Gasteiger partial charge in [0.1, 0.15) is 0 Å². The molecule has 1 unspecified atom stereocenters. The third-order valence-corrected chi connectivity index (χ3v) is 5.92. The molecule has 168 valence electrons. The molecule has 1 aliphatic heterocycles. The normalized spacial score (nSPS) is 16.4. The average Bonchev–Trinajstić information content (AvgIpc) is 3.31. The maximum absolute atomic E-state index is 12.9. The Morgan fingerprint density at radius 1 is 1.25 bits per heavy atom. The van der Waals surface area contributed by atoms with Crippen LogP contribution in [0, 0.1) is 5.92 Å². The van der Waals surface area contributed by atoms with Crippen molar-refractivity contribution in [1.29, 1.82) is 0 Å². The van der Waals surface area contributed by atoms with Crippen LogP contribution >= 0.6 is 0 Å². The number of aromatic nitrogens is 2. The lowest BCUT2D eigenvalue weighted by atomic mass is 9.98. The predicted octanol–water partition coefficient (Wildman–Crippen LogP) is 4.32. The van der Waals surface area contributed by atoms with Crippen molar-refractivity contribution in [3.05, 3.63) is 65.5 Å². The fraction of sp³-hybridized carbons (Fsp3) is 0.400. The highest BCUT2D eigenvalue weighted by atomic mass is 16.5. The molecule has 1 saturated heterocycles. The van der Waals surface area contributed by atoms with E-state index in [1.807, 2.05) is 41.3 Å². The number of carbonyl (C=O) groups excluding carboxylic acids is 1. The average molecular weight is 435 g/mol. The number of nitrogens with one attached hydrogen (secondary N) is 1. The summed E-state index contributed by atoms with van der Waals surface area (Å²) >= 11 is 0. The van der Waals surface area contributed by atoms with E-state index in [1.54, 1.807) is 0 Å². The molecule has 7 heteroatoms. The van der Waals surface area contributed by atoms with Crippen LogP contribution in [0.3, 0.4) is 0 Å². The first-order chi connectivity index (χ1) is 15.5. The van der Waals surface area contributed by atoms with E-state index in [0.717, 1.165) is 30.6 Å². The van der Waals surface area contributed by atoms with Crippen molar-refractivity contribution in [2.75, 3.05) is 25.0 Å². The zero-order valence-corrected chi connectivity index (χ0v) is 18.6. The molecule has 32 heavy (non-hydrogen) atoms. The number of hydrogen-bond donors (Lipinski definition) is 2. The summed E-state index contributed by atoms with van der Waals surface area (Å²) in [5, 5.41) is 16.8. The van der Waals surface area contributed by atoms with Gasteiger partial charge in [0, 0.05) is 36.5 Å². The number of aliphatic hydroxyl groups excluding tert-OH is 1. The second-order valence-corrected chi connectivity index (χ2v) is 8.66. The van der Waals surface area contributed by atoms with E-state index in [4.69, 9.17) is 4.52 Å². The van der Waals surface area contributed by atoms with Crippen molar-refractivity contribution < 1.29 is 14.4 Å². The van der Waals surface area contributed by atoms with Gasteiger partial charge in [-0.15, -0.1) is 0 Å². The van der Waals surface area contributed by atoms with E-state index in [0.29, 0.717) is 36.3 Å². The molecule has 2 heterocycles. The van der Waals surface area contributed by atoms with Gasteiger partial charge in [0.15, 0.2) is 0 Å².